The molecule has 1 aromatic carbocycles. The van der Waals surface area contributed by atoms with E-state index in [1.54, 1.807) is 4.90 Å². The zero-order chi connectivity index (χ0) is 16.4. The number of carbonyl (C=O) groups excluding carboxylic acids is 2. The largest absolute Gasteiger partial charge is 0.340 e. The van der Waals surface area contributed by atoms with Crippen molar-refractivity contribution in [2.45, 2.75) is 32.7 Å². The van der Waals surface area contributed by atoms with Crippen molar-refractivity contribution in [2.75, 3.05) is 31.1 Å². The van der Waals surface area contributed by atoms with Crippen LogP contribution in [0, 0.1) is 5.92 Å². The van der Waals surface area contributed by atoms with E-state index in [-0.39, 0.29) is 17.7 Å². The minimum absolute atomic E-state index is 0.0624. The molecule has 2 aliphatic rings. The van der Waals surface area contributed by atoms with E-state index >= 15 is 0 Å². The zero-order valence-corrected chi connectivity index (χ0v) is 13.9. The molecule has 2 fully saturated rings. The first-order valence-corrected chi connectivity index (χ1v) is 8.50. The van der Waals surface area contributed by atoms with Crippen molar-refractivity contribution in [3.63, 3.8) is 0 Å². The summed E-state index contributed by atoms with van der Waals surface area (Å²) in [5, 5.41) is 3.34. The average molecular weight is 315 g/mol. The molecular formula is C18H25N3O2. The number of rotatable bonds is 3. The molecule has 3 rings (SSSR count). The second-order valence-electron chi connectivity index (χ2n) is 6.53. The molecule has 1 aromatic rings. The SMILES string of the molecule is CCc1ccccc1N1CC(C(=O)N2CCNC(C)C2)CC1=O. The number of amides is 2. The van der Waals surface area contributed by atoms with E-state index < -0.39 is 0 Å². The highest BCUT2D eigenvalue weighted by atomic mass is 16.2. The topological polar surface area (TPSA) is 52.7 Å². The minimum Gasteiger partial charge on any atom is -0.340 e. The van der Waals surface area contributed by atoms with E-state index in [9.17, 15) is 9.59 Å². The summed E-state index contributed by atoms with van der Waals surface area (Å²) < 4.78 is 0. The number of hydrogen-bond acceptors (Lipinski definition) is 3. The molecule has 2 saturated heterocycles. The van der Waals surface area contributed by atoms with Gasteiger partial charge in [-0.3, -0.25) is 9.59 Å². The molecule has 0 spiro atoms. The summed E-state index contributed by atoms with van der Waals surface area (Å²) in [5.74, 6) is -0.0201. The standard InChI is InChI=1S/C18H25N3O2/c1-3-14-6-4-5-7-16(14)21-12-15(10-17(21)22)18(23)20-9-8-19-13(2)11-20/h4-7,13,15,19H,3,8-12H2,1-2H3. The highest BCUT2D eigenvalue weighted by Gasteiger charge is 2.38. The molecule has 1 N–H and O–H groups in total. The van der Waals surface area contributed by atoms with Gasteiger partial charge in [0.05, 0.1) is 5.92 Å². The van der Waals surface area contributed by atoms with Crippen LogP contribution in [0.4, 0.5) is 5.69 Å². The number of para-hydroxylation sites is 1. The van der Waals surface area contributed by atoms with Gasteiger partial charge in [0, 0.05) is 44.3 Å². The lowest BCUT2D eigenvalue weighted by Crippen LogP contribution is -2.53. The fourth-order valence-electron chi connectivity index (χ4n) is 3.57. The minimum atomic E-state index is -0.210. The summed E-state index contributed by atoms with van der Waals surface area (Å²) in [6.07, 6.45) is 1.21. The number of carbonyl (C=O) groups is 2. The van der Waals surface area contributed by atoms with Crippen molar-refractivity contribution in [3.8, 4) is 0 Å². The van der Waals surface area contributed by atoms with Gasteiger partial charge in [-0.05, 0) is 25.0 Å². The van der Waals surface area contributed by atoms with Crippen LogP contribution in [0.3, 0.4) is 0 Å². The monoisotopic (exact) mass is 315 g/mol. The van der Waals surface area contributed by atoms with Crippen molar-refractivity contribution in [1.29, 1.82) is 0 Å². The number of hydrogen-bond donors (Lipinski definition) is 1. The van der Waals surface area contributed by atoms with E-state index in [2.05, 4.69) is 25.2 Å². The van der Waals surface area contributed by atoms with Crippen molar-refractivity contribution in [2.24, 2.45) is 5.92 Å². The van der Waals surface area contributed by atoms with E-state index in [0.29, 0.717) is 19.0 Å². The van der Waals surface area contributed by atoms with Gasteiger partial charge >= 0.3 is 0 Å². The van der Waals surface area contributed by atoms with Gasteiger partial charge in [-0.25, -0.2) is 0 Å². The van der Waals surface area contributed by atoms with Crippen LogP contribution in [0.2, 0.25) is 0 Å². The fourth-order valence-corrected chi connectivity index (χ4v) is 3.57. The molecule has 5 heteroatoms. The van der Waals surface area contributed by atoms with Crippen LogP contribution in [-0.2, 0) is 16.0 Å². The summed E-state index contributed by atoms with van der Waals surface area (Å²) in [7, 11) is 0. The van der Waals surface area contributed by atoms with Gasteiger partial charge in [-0.1, -0.05) is 25.1 Å². The molecule has 0 radical (unpaired) electrons. The van der Waals surface area contributed by atoms with E-state index in [1.807, 2.05) is 23.1 Å². The summed E-state index contributed by atoms with van der Waals surface area (Å²) in [6.45, 7) is 6.98. The van der Waals surface area contributed by atoms with Gasteiger partial charge in [-0.2, -0.15) is 0 Å². The molecule has 2 amide bonds. The third-order valence-corrected chi connectivity index (χ3v) is 4.82. The third kappa shape index (κ3) is 3.24. The van der Waals surface area contributed by atoms with Crippen LogP contribution >= 0.6 is 0 Å². The second-order valence-corrected chi connectivity index (χ2v) is 6.53. The van der Waals surface area contributed by atoms with E-state index in [1.165, 1.54) is 0 Å². The Balaban J connectivity index is 1.73. The van der Waals surface area contributed by atoms with Crippen molar-refractivity contribution < 1.29 is 9.59 Å². The van der Waals surface area contributed by atoms with Crippen molar-refractivity contribution in [1.82, 2.24) is 10.2 Å². The predicted octanol–water partition coefficient (Wildman–Crippen LogP) is 1.42. The lowest BCUT2D eigenvalue weighted by molar-refractivity contribution is -0.136. The number of aryl methyl sites for hydroxylation is 1. The normalized spacial score (nSPS) is 25.0. The molecule has 0 aliphatic carbocycles. The van der Waals surface area contributed by atoms with Gasteiger partial charge in [0.2, 0.25) is 11.8 Å². The average Bonchev–Trinajstić information content (AvgIpc) is 2.95. The van der Waals surface area contributed by atoms with E-state index in [0.717, 1.165) is 37.3 Å². The van der Waals surface area contributed by atoms with Crippen molar-refractivity contribution >= 4 is 17.5 Å². The Morgan fingerprint density at radius 3 is 2.83 bits per heavy atom. The lowest BCUT2D eigenvalue weighted by Gasteiger charge is -2.33. The highest BCUT2D eigenvalue weighted by Crippen LogP contribution is 2.29. The van der Waals surface area contributed by atoms with Gasteiger partial charge in [0.15, 0.2) is 0 Å². The third-order valence-electron chi connectivity index (χ3n) is 4.82. The molecule has 124 valence electrons. The molecule has 5 nitrogen and oxygen atoms in total. The molecule has 2 atom stereocenters. The van der Waals surface area contributed by atoms with Gasteiger partial charge in [0.25, 0.3) is 0 Å². The number of benzene rings is 1. The Labute approximate surface area is 137 Å². The molecule has 0 bridgehead atoms. The Morgan fingerprint density at radius 1 is 1.30 bits per heavy atom. The summed E-state index contributed by atoms with van der Waals surface area (Å²) >= 11 is 0. The van der Waals surface area contributed by atoms with Gasteiger partial charge < -0.3 is 15.1 Å². The summed E-state index contributed by atoms with van der Waals surface area (Å²) in [6, 6.07) is 8.30. The Kier molecular flexibility index (Phi) is 4.66. The maximum atomic E-state index is 12.7. The number of nitrogens with zero attached hydrogens (tertiary/aromatic N) is 2. The molecule has 0 saturated carbocycles. The molecule has 2 heterocycles. The number of piperazine rings is 1. The van der Waals surface area contributed by atoms with Crippen LogP contribution in [0.15, 0.2) is 24.3 Å². The molecular weight excluding hydrogens is 290 g/mol. The number of anilines is 1. The summed E-state index contributed by atoms with van der Waals surface area (Å²) in [5.41, 5.74) is 2.12. The second kappa shape index (κ2) is 6.71. The first-order valence-electron chi connectivity index (χ1n) is 8.50. The van der Waals surface area contributed by atoms with E-state index in [4.69, 9.17) is 0 Å². The first kappa shape index (κ1) is 16.0. The van der Waals surface area contributed by atoms with Crippen LogP contribution in [0.5, 0.6) is 0 Å². The smallest absolute Gasteiger partial charge is 0.228 e. The lowest BCUT2D eigenvalue weighted by atomic mass is 10.1. The van der Waals surface area contributed by atoms with Crippen LogP contribution < -0.4 is 10.2 Å². The van der Waals surface area contributed by atoms with Crippen molar-refractivity contribution in [3.05, 3.63) is 29.8 Å². The quantitative estimate of drug-likeness (QED) is 0.918. The highest BCUT2D eigenvalue weighted by molar-refractivity contribution is 6.00. The zero-order valence-electron chi connectivity index (χ0n) is 13.9. The first-order chi connectivity index (χ1) is 11.1. The molecule has 2 aliphatic heterocycles. The number of nitrogens with one attached hydrogen (secondary N) is 1. The van der Waals surface area contributed by atoms with Crippen LogP contribution in [-0.4, -0.2) is 48.9 Å². The Morgan fingerprint density at radius 2 is 2.09 bits per heavy atom. The maximum Gasteiger partial charge on any atom is 0.228 e. The predicted molar refractivity (Wildman–Crippen MR) is 90.3 cm³/mol. The summed E-state index contributed by atoms with van der Waals surface area (Å²) in [4.78, 5) is 28.9. The molecule has 2 unspecified atom stereocenters. The fraction of sp³-hybridized carbons (Fsp3) is 0.556. The molecule has 23 heavy (non-hydrogen) atoms. The Hall–Kier alpha value is -1.88. The maximum absolute atomic E-state index is 12.7. The van der Waals surface area contributed by atoms with Gasteiger partial charge in [-0.15, -0.1) is 0 Å². The Bertz CT molecular complexity index is 602. The molecule has 0 aromatic heterocycles. The van der Waals surface area contributed by atoms with Gasteiger partial charge in [0.1, 0.15) is 0 Å². The van der Waals surface area contributed by atoms with Crippen LogP contribution in [0.25, 0.3) is 0 Å². The van der Waals surface area contributed by atoms with Crippen LogP contribution in [0.1, 0.15) is 25.8 Å².